The van der Waals surface area contributed by atoms with E-state index >= 15 is 0 Å². The molecule has 4 rings (SSSR count). The van der Waals surface area contributed by atoms with Gasteiger partial charge in [-0.2, -0.15) is 0 Å². The molecule has 1 unspecified atom stereocenters. The second kappa shape index (κ2) is 8.79. The molecule has 7 heteroatoms. The van der Waals surface area contributed by atoms with Crippen LogP contribution in [0.4, 0.5) is 0 Å². The standard InChI is InChI=1S/C24H26O7/c1-4-5-10-27-23-17-12-16(30-14(2)3)7-9-18(17)31-22(21(23)24(25)26)15-6-8-19-20(11-15)29-13-28-19/h6-9,11-12,14,22H,4-5,10,13H2,1-3H3,(H,25,26). The normalized spacial score (nSPS) is 16.7. The molecule has 0 aromatic heterocycles. The molecule has 31 heavy (non-hydrogen) atoms. The molecule has 7 nitrogen and oxygen atoms in total. The van der Waals surface area contributed by atoms with Gasteiger partial charge in [0.05, 0.1) is 18.3 Å². The second-order valence-electron chi connectivity index (χ2n) is 7.69. The van der Waals surface area contributed by atoms with Crippen LogP contribution in [-0.4, -0.2) is 30.6 Å². The Morgan fingerprint density at radius 3 is 2.65 bits per heavy atom. The van der Waals surface area contributed by atoms with Gasteiger partial charge < -0.3 is 28.8 Å². The van der Waals surface area contributed by atoms with Gasteiger partial charge >= 0.3 is 5.97 Å². The summed E-state index contributed by atoms with van der Waals surface area (Å²) in [7, 11) is 0. The number of carboxylic acids is 1. The largest absolute Gasteiger partial charge is 0.492 e. The van der Waals surface area contributed by atoms with Crippen molar-refractivity contribution in [3.05, 3.63) is 53.1 Å². The van der Waals surface area contributed by atoms with Gasteiger partial charge in [-0.05, 0) is 50.6 Å². The van der Waals surface area contributed by atoms with Crippen LogP contribution in [0.2, 0.25) is 0 Å². The highest BCUT2D eigenvalue weighted by Crippen LogP contribution is 2.46. The van der Waals surface area contributed by atoms with Gasteiger partial charge in [0.15, 0.2) is 17.6 Å². The molecule has 0 radical (unpaired) electrons. The minimum absolute atomic E-state index is 0.0173. The van der Waals surface area contributed by atoms with Crippen LogP contribution in [-0.2, 0) is 9.53 Å². The Bertz CT molecular complexity index is 1010. The van der Waals surface area contributed by atoms with Crippen molar-refractivity contribution in [2.45, 2.75) is 45.8 Å². The van der Waals surface area contributed by atoms with Gasteiger partial charge in [-0.3, -0.25) is 0 Å². The summed E-state index contributed by atoms with van der Waals surface area (Å²) in [5, 5.41) is 10.1. The van der Waals surface area contributed by atoms with Crippen molar-refractivity contribution in [3.8, 4) is 23.0 Å². The zero-order valence-corrected chi connectivity index (χ0v) is 17.8. The zero-order valence-electron chi connectivity index (χ0n) is 17.8. The highest BCUT2D eigenvalue weighted by Gasteiger charge is 2.36. The number of rotatable bonds is 8. The lowest BCUT2D eigenvalue weighted by atomic mass is 9.94. The summed E-state index contributed by atoms with van der Waals surface area (Å²) < 4.78 is 28.9. The number of aliphatic carboxylic acids is 1. The third-order valence-electron chi connectivity index (χ3n) is 4.99. The summed E-state index contributed by atoms with van der Waals surface area (Å²) in [4.78, 5) is 12.4. The Balaban J connectivity index is 1.81. The van der Waals surface area contributed by atoms with E-state index in [0.717, 1.165) is 12.8 Å². The maximum absolute atomic E-state index is 12.4. The van der Waals surface area contributed by atoms with Crippen molar-refractivity contribution < 1.29 is 33.6 Å². The Hall–Kier alpha value is -3.35. The van der Waals surface area contributed by atoms with Crippen LogP contribution in [0.25, 0.3) is 5.76 Å². The predicted octanol–water partition coefficient (Wildman–Crippen LogP) is 4.95. The van der Waals surface area contributed by atoms with Gasteiger partial charge in [0.2, 0.25) is 6.79 Å². The lowest BCUT2D eigenvalue weighted by molar-refractivity contribution is -0.133. The van der Waals surface area contributed by atoms with Crippen LogP contribution in [0.5, 0.6) is 23.0 Å². The molecule has 2 aliphatic rings. The second-order valence-corrected chi connectivity index (χ2v) is 7.69. The topological polar surface area (TPSA) is 83.5 Å². The van der Waals surface area contributed by atoms with Crippen molar-refractivity contribution in [1.29, 1.82) is 0 Å². The minimum atomic E-state index is -1.10. The van der Waals surface area contributed by atoms with Gasteiger partial charge in [-0.1, -0.05) is 19.4 Å². The summed E-state index contributed by atoms with van der Waals surface area (Å²) in [6.07, 6.45) is 0.870. The van der Waals surface area contributed by atoms with Crippen LogP contribution in [0.15, 0.2) is 42.0 Å². The fourth-order valence-electron chi connectivity index (χ4n) is 3.58. The van der Waals surface area contributed by atoms with Crippen LogP contribution in [0.1, 0.15) is 50.8 Å². The summed E-state index contributed by atoms with van der Waals surface area (Å²) in [5.74, 6) is 1.55. The minimum Gasteiger partial charge on any atom is -0.492 e. The van der Waals surface area contributed by atoms with E-state index in [1.807, 2.05) is 19.9 Å². The average molecular weight is 426 g/mol. The van der Waals surface area contributed by atoms with Gasteiger partial charge in [-0.25, -0.2) is 4.79 Å². The van der Waals surface area contributed by atoms with E-state index < -0.39 is 12.1 Å². The Kier molecular flexibility index (Phi) is 5.93. The van der Waals surface area contributed by atoms with Crippen LogP contribution in [0, 0.1) is 0 Å². The number of carboxylic acid groups (broad SMARTS) is 1. The van der Waals surface area contributed by atoms with E-state index in [1.54, 1.807) is 30.3 Å². The first kappa shape index (κ1) is 20.9. The zero-order chi connectivity index (χ0) is 22.0. The molecule has 2 aromatic rings. The van der Waals surface area contributed by atoms with E-state index in [-0.39, 0.29) is 18.5 Å². The summed E-state index contributed by atoms with van der Waals surface area (Å²) in [6, 6.07) is 10.7. The van der Waals surface area contributed by atoms with E-state index in [1.165, 1.54) is 0 Å². The highest BCUT2D eigenvalue weighted by atomic mass is 16.7. The molecule has 0 spiro atoms. The maximum atomic E-state index is 12.4. The van der Waals surface area contributed by atoms with Crippen LogP contribution >= 0.6 is 0 Å². The monoisotopic (exact) mass is 426 g/mol. The molecule has 0 saturated carbocycles. The van der Waals surface area contributed by atoms with Gasteiger partial charge in [0.1, 0.15) is 22.8 Å². The molecular weight excluding hydrogens is 400 g/mol. The quantitative estimate of drug-likeness (QED) is 0.598. The molecule has 0 saturated heterocycles. The predicted molar refractivity (Wildman–Crippen MR) is 114 cm³/mol. The first-order valence-electron chi connectivity index (χ1n) is 10.5. The molecule has 0 amide bonds. The number of benzene rings is 2. The number of unbranched alkanes of at least 4 members (excludes halogenated alkanes) is 1. The van der Waals surface area contributed by atoms with Crippen molar-refractivity contribution in [2.24, 2.45) is 0 Å². The fourth-order valence-corrected chi connectivity index (χ4v) is 3.58. The van der Waals surface area contributed by atoms with Crippen LogP contribution in [0.3, 0.4) is 0 Å². The van der Waals surface area contributed by atoms with Crippen LogP contribution < -0.4 is 18.9 Å². The summed E-state index contributed by atoms with van der Waals surface area (Å²) >= 11 is 0. The first-order valence-corrected chi connectivity index (χ1v) is 10.5. The Morgan fingerprint density at radius 2 is 1.90 bits per heavy atom. The molecule has 0 fully saturated rings. The molecule has 2 aliphatic heterocycles. The Morgan fingerprint density at radius 1 is 1.13 bits per heavy atom. The summed E-state index contributed by atoms with van der Waals surface area (Å²) in [6.45, 7) is 6.47. The molecule has 0 aliphatic carbocycles. The molecular formula is C24H26O7. The fraction of sp³-hybridized carbons (Fsp3) is 0.375. The maximum Gasteiger partial charge on any atom is 0.339 e. The molecule has 164 valence electrons. The number of fused-ring (bicyclic) bond motifs is 2. The van der Waals surface area contributed by atoms with E-state index in [4.69, 9.17) is 23.7 Å². The van der Waals surface area contributed by atoms with E-state index in [9.17, 15) is 9.90 Å². The number of carbonyl (C=O) groups is 1. The Labute approximate surface area is 181 Å². The third kappa shape index (κ3) is 4.26. The van der Waals surface area contributed by atoms with Gasteiger partial charge in [0.25, 0.3) is 0 Å². The summed E-state index contributed by atoms with van der Waals surface area (Å²) in [5.41, 5.74) is 1.26. The van der Waals surface area contributed by atoms with Crippen molar-refractivity contribution in [1.82, 2.24) is 0 Å². The molecule has 2 aromatic carbocycles. The van der Waals surface area contributed by atoms with Crippen molar-refractivity contribution in [3.63, 3.8) is 0 Å². The van der Waals surface area contributed by atoms with Crippen molar-refractivity contribution in [2.75, 3.05) is 13.4 Å². The van der Waals surface area contributed by atoms with Crippen molar-refractivity contribution >= 4 is 11.7 Å². The number of ether oxygens (including phenoxy) is 5. The SMILES string of the molecule is CCCCOC1=C(C(=O)O)C(c2ccc3c(c2)OCO3)Oc2ccc(OC(C)C)cc21. The van der Waals surface area contributed by atoms with Gasteiger partial charge in [-0.15, -0.1) is 0 Å². The van der Waals surface area contributed by atoms with E-state index in [2.05, 4.69) is 6.92 Å². The lowest BCUT2D eigenvalue weighted by Crippen LogP contribution is -2.24. The third-order valence-corrected chi connectivity index (χ3v) is 4.99. The lowest BCUT2D eigenvalue weighted by Gasteiger charge is -2.30. The van der Waals surface area contributed by atoms with Gasteiger partial charge in [0, 0.05) is 5.56 Å². The molecule has 0 bridgehead atoms. The number of hydrogen-bond donors (Lipinski definition) is 1. The molecule has 1 N–H and O–H groups in total. The molecule has 1 atom stereocenters. The number of hydrogen-bond acceptors (Lipinski definition) is 6. The first-order chi connectivity index (χ1) is 15.0. The van der Waals surface area contributed by atoms with E-state index in [0.29, 0.717) is 46.5 Å². The average Bonchev–Trinajstić information content (AvgIpc) is 3.20. The smallest absolute Gasteiger partial charge is 0.339 e. The molecule has 2 heterocycles. The highest BCUT2D eigenvalue weighted by molar-refractivity contribution is 5.98.